The average molecular weight is 399 g/mol. The van der Waals surface area contributed by atoms with Gasteiger partial charge in [0.2, 0.25) is 0 Å². The van der Waals surface area contributed by atoms with E-state index in [0.29, 0.717) is 5.57 Å². The molecule has 0 aromatic carbocycles. The summed E-state index contributed by atoms with van der Waals surface area (Å²) in [5.41, 5.74) is 0.0210. The lowest BCUT2D eigenvalue weighted by molar-refractivity contribution is -0.149. The van der Waals surface area contributed by atoms with Gasteiger partial charge in [-0.05, 0) is 62.4 Å². The Labute approximate surface area is 119 Å². The fourth-order valence-corrected chi connectivity index (χ4v) is 1.30. The normalized spacial score (nSPS) is 13.6. The van der Waals surface area contributed by atoms with E-state index in [2.05, 4.69) is 45.1 Å². The molecule has 0 aromatic rings. The molecule has 4 heteroatoms. The first-order valence-electron chi connectivity index (χ1n) is 4.75. The highest BCUT2D eigenvalue weighted by Gasteiger charge is 2.19. The maximum Gasteiger partial charge on any atom is 0.339 e. The number of hydrogen-bond acceptors (Lipinski definition) is 2. The Balaban J connectivity index is 4.91. The molecular weight excluding hydrogens is 383 g/mol. The second-order valence-corrected chi connectivity index (χ2v) is 6.80. The Kier molecular flexibility index (Phi) is 6.55. The van der Waals surface area contributed by atoms with Crippen molar-refractivity contribution in [2.24, 2.45) is 0 Å². The van der Waals surface area contributed by atoms with Crippen molar-refractivity contribution in [2.45, 2.75) is 33.3 Å². The summed E-state index contributed by atoms with van der Waals surface area (Å²) < 4.78 is 6.88. The minimum Gasteiger partial charge on any atom is -0.456 e. The molecular formula is C12H16BrIO2. The van der Waals surface area contributed by atoms with Crippen LogP contribution in [0.3, 0.4) is 0 Å². The number of carbonyl (C=O) groups excluding carboxylic acids is 1. The van der Waals surface area contributed by atoms with Gasteiger partial charge in [-0.25, -0.2) is 4.79 Å². The first-order valence-corrected chi connectivity index (χ1v) is 6.63. The molecule has 0 unspecified atom stereocenters. The van der Waals surface area contributed by atoms with Gasteiger partial charge >= 0.3 is 5.97 Å². The molecule has 0 rings (SSSR count). The molecule has 0 radical (unpaired) electrons. The van der Waals surface area contributed by atoms with E-state index < -0.39 is 5.60 Å². The fourth-order valence-electron chi connectivity index (χ4n) is 0.830. The molecule has 0 N–H and O–H groups in total. The molecule has 0 atom stereocenters. The van der Waals surface area contributed by atoms with E-state index in [9.17, 15) is 4.79 Å². The lowest BCUT2D eigenvalue weighted by Crippen LogP contribution is -2.24. The summed E-state index contributed by atoms with van der Waals surface area (Å²) in [6.45, 7) is 11.1. The molecule has 0 aromatic heterocycles. The lowest BCUT2D eigenvalue weighted by Gasteiger charge is -2.20. The number of rotatable bonds is 3. The van der Waals surface area contributed by atoms with Gasteiger partial charge in [0.25, 0.3) is 0 Å². The highest BCUT2D eigenvalue weighted by molar-refractivity contribution is 14.1. The highest BCUT2D eigenvalue weighted by atomic mass is 127. The quantitative estimate of drug-likeness (QED) is 0.303. The van der Waals surface area contributed by atoms with Gasteiger partial charge in [-0.15, -0.1) is 0 Å². The Morgan fingerprint density at radius 3 is 2.19 bits per heavy atom. The molecule has 0 saturated carbocycles. The number of halogens is 2. The van der Waals surface area contributed by atoms with Crippen molar-refractivity contribution in [3.8, 4) is 0 Å². The maximum absolute atomic E-state index is 11.8. The molecule has 16 heavy (non-hydrogen) atoms. The first kappa shape index (κ1) is 15.9. The number of esters is 1. The van der Waals surface area contributed by atoms with Gasteiger partial charge in [0.15, 0.2) is 0 Å². The zero-order chi connectivity index (χ0) is 12.9. The Hall–Kier alpha value is -0.100. The van der Waals surface area contributed by atoms with Crippen LogP contribution in [0, 0.1) is 0 Å². The third-order valence-corrected chi connectivity index (χ3v) is 2.21. The fraction of sp³-hybridized carbons (Fsp3) is 0.417. The Bertz CT molecular complexity index is 345. The third-order valence-electron chi connectivity index (χ3n) is 1.42. The van der Waals surface area contributed by atoms with E-state index in [-0.39, 0.29) is 5.97 Å². The van der Waals surface area contributed by atoms with Crippen molar-refractivity contribution in [1.29, 1.82) is 0 Å². The Morgan fingerprint density at radius 2 is 1.88 bits per heavy atom. The molecule has 0 heterocycles. The van der Waals surface area contributed by atoms with Crippen LogP contribution in [0.1, 0.15) is 27.7 Å². The van der Waals surface area contributed by atoms with Gasteiger partial charge in [0, 0.05) is 8.06 Å². The molecule has 0 aliphatic heterocycles. The summed E-state index contributed by atoms with van der Waals surface area (Å²) in [5.74, 6) is -0.337. The van der Waals surface area contributed by atoms with E-state index in [4.69, 9.17) is 4.74 Å². The van der Waals surface area contributed by atoms with Crippen molar-refractivity contribution in [3.05, 3.63) is 32.4 Å². The van der Waals surface area contributed by atoms with Crippen LogP contribution in [0.15, 0.2) is 32.4 Å². The van der Waals surface area contributed by atoms with Crippen molar-refractivity contribution in [1.82, 2.24) is 0 Å². The van der Waals surface area contributed by atoms with Crippen molar-refractivity contribution in [3.63, 3.8) is 0 Å². The predicted octanol–water partition coefficient (Wildman–Crippen LogP) is 4.50. The van der Waals surface area contributed by atoms with E-state index in [1.165, 1.54) is 0 Å². The van der Waals surface area contributed by atoms with Gasteiger partial charge in [0.1, 0.15) is 5.60 Å². The summed E-state index contributed by atoms with van der Waals surface area (Å²) in [7, 11) is 0. The van der Waals surface area contributed by atoms with Crippen LogP contribution in [-0.2, 0) is 9.53 Å². The molecule has 0 spiro atoms. The summed E-state index contributed by atoms with van der Waals surface area (Å²) in [4.78, 5) is 11.8. The van der Waals surface area contributed by atoms with Crippen LogP contribution < -0.4 is 0 Å². The minimum absolute atomic E-state index is 0.337. The largest absolute Gasteiger partial charge is 0.456 e. The smallest absolute Gasteiger partial charge is 0.339 e. The molecule has 0 fully saturated rings. The maximum atomic E-state index is 11.8. The van der Waals surface area contributed by atoms with Gasteiger partial charge in [-0.3, -0.25) is 0 Å². The molecule has 0 saturated heterocycles. The summed E-state index contributed by atoms with van der Waals surface area (Å²) in [6, 6.07) is 0. The van der Waals surface area contributed by atoms with Crippen molar-refractivity contribution < 1.29 is 9.53 Å². The number of ether oxygens (including phenoxy) is 1. The van der Waals surface area contributed by atoms with Crippen molar-refractivity contribution in [2.75, 3.05) is 0 Å². The molecule has 2 nitrogen and oxygen atoms in total. The predicted molar refractivity (Wildman–Crippen MR) is 79.8 cm³/mol. The molecule has 90 valence electrons. The van der Waals surface area contributed by atoms with Crippen LogP contribution >= 0.6 is 38.5 Å². The summed E-state index contributed by atoms with van der Waals surface area (Å²) in [6.07, 6.45) is 3.47. The molecule has 0 amide bonds. The van der Waals surface area contributed by atoms with Crippen LogP contribution in [0.4, 0.5) is 0 Å². The van der Waals surface area contributed by atoms with E-state index in [0.717, 1.165) is 8.06 Å². The van der Waals surface area contributed by atoms with Crippen LogP contribution in [0.25, 0.3) is 0 Å². The van der Waals surface area contributed by atoms with Crippen LogP contribution in [-0.4, -0.2) is 11.6 Å². The average Bonchev–Trinajstić information content (AvgIpc) is 1.98. The van der Waals surface area contributed by atoms with Gasteiger partial charge < -0.3 is 4.74 Å². The number of hydrogen-bond donors (Lipinski definition) is 0. The standard InChI is InChI=1S/C12H16BrIO2/c1-8(14)6-7-10(9(2)13)11(15)16-12(3,4)5/h6-7H,1H2,2-5H3/b7-6-,10-9-. The second kappa shape index (κ2) is 6.59. The lowest BCUT2D eigenvalue weighted by atomic mass is 10.1. The minimum atomic E-state index is -0.486. The first-order chi connectivity index (χ1) is 7.13. The third kappa shape index (κ3) is 7.22. The number of carbonyl (C=O) groups is 1. The second-order valence-electron chi connectivity index (χ2n) is 4.23. The Morgan fingerprint density at radius 1 is 1.38 bits per heavy atom. The zero-order valence-electron chi connectivity index (χ0n) is 9.93. The summed E-state index contributed by atoms with van der Waals surface area (Å²) in [5, 5.41) is 0. The molecule has 0 aliphatic rings. The van der Waals surface area contributed by atoms with Gasteiger partial charge in [0.05, 0.1) is 5.57 Å². The monoisotopic (exact) mass is 398 g/mol. The van der Waals surface area contributed by atoms with Crippen LogP contribution in [0.2, 0.25) is 0 Å². The van der Waals surface area contributed by atoms with E-state index in [1.807, 2.05) is 20.8 Å². The summed E-state index contributed by atoms with van der Waals surface area (Å²) >= 11 is 5.37. The van der Waals surface area contributed by atoms with Crippen molar-refractivity contribution >= 4 is 44.5 Å². The molecule has 0 aliphatic carbocycles. The van der Waals surface area contributed by atoms with E-state index in [1.54, 1.807) is 19.1 Å². The van der Waals surface area contributed by atoms with Gasteiger partial charge in [-0.1, -0.05) is 22.5 Å². The SMILES string of the molecule is C=C(I)/C=C\C(C(=O)OC(C)(C)C)=C(/C)Br. The van der Waals surface area contributed by atoms with E-state index >= 15 is 0 Å². The zero-order valence-corrected chi connectivity index (χ0v) is 13.7. The topological polar surface area (TPSA) is 26.3 Å². The highest BCUT2D eigenvalue weighted by Crippen LogP contribution is 2.19. The number of allylic oxidation sites excluding steroid dienone is 3. The van der Waals surface area contributed by atoms with Gasteiger partial charge in [-0.2, -0.15) is 0 Å². The van der Waals surface area contributed by atoms with Crippen LogP contribution in [0.5, 0.6) is 0 Å². The molecule has 0 bridgehead atoms.